The van der Waals surface area contributed by atoms with E-state index in [4.69, 9.17) is 0 Å². The van der Waals surface area contributed by atoms with E-state index in [1.54, 1.807) is 0 Å². The number of halogens is 1. The number of likely N-dealkylation sites (tertiary alicyclic amines) is 2. The predicted octanol–water partition coefficient (Wildman–Crippen LogP) is 0.523. The zero-order chi connectivity index (χ0) is 12.5. The molecule has 0 atom stereocenters. The summed E-state index contributed by atoms with van der Waals surface area (Å²) in [5.41, 5.74) is 0. The predicted molar refractivity (Wildman–Crippen MR) is 79.1 cm³/mol. The zero-order valence-electron chi connectivity index (χ0n) is 12.6. The minimum atomic E-state index is 0. The molecule has 0 radical (unpaired) electrons. The van der Waals surface area contributed by atoms with Gasteiger partial charge >= 0.3 is 0 Å². The number of hydrogen-bond donors (Lipinski definition) is 0. The van der Waals surface area contributed by atoms with Crippen molar-refractivity contribution >= 4 is 0 Å². The fourth-order valence-electron chi connectivity index (χ4n) is 3.39. The third-order valence-electron chi connectivity index (χ3n) is 4.60. The zero-order valence-corrected chi connectivity index (χ0v) is 14.2. The molecule has 0 bridgehead atoms. The van der Waals surface area contributed by atoms with Crippen molar-refractivity contribution in [2.75, 3.05) is 39.3 Å². The Kier molecular flexibility index (Phi) is 10.2. The molecule has 2 aliphatic heterocycles. The SMILES string of the molecule is C(CCCN1CCCCC1)CCN1CCCCC1.[Br-]. The Morgan fingerprint density at radius 3 is 1.21 bits per heavy atom. The molecule has 2 saturated heterocycles. The molecular weight excluding hydrogens is 300 g/mol. The number of piperidine rings is 2. The molecule has 0 aromatic rings. The van der Waals surface area contributed by atoms with Gasteiger partial charge in [0.15, 0.2) is 0 Å². The molecule has 2 aliphatic rings. The van der Waals surface area contributed by atoms with E-state index >= 15 is 0 Å². The first-order chi connectivity index (χ1) is 8.95. The molecule has 2 fully saturated rings. The van der Waals surface area contributed by atoms with Crippen molar-refractivity contribution in [2.24, 2.45) is 0 Å². The average molecular weight is 332 g/mol. The van der Waals surface area contributed by atoms with Crippen LogP contribution >= 0.6 is 0 Å². The fourth-order valence-corrected chi connectivity index (χ4v) is 3.39. The first-order valence-electron chi connectivity index (χ1n) is 8.40. The highest BCUT2D eigenvalue weighted by Crippen LogP contribution is 2.12. The molecule has 3 heteroatoms. The molecule has 19 heavy (non-hydrogen) atoms. The van der Waals surface area contributed by atoms with Crippen LogP contribution in [0.5, 0.6) is 0 Å². The van der Waals surface area contributed by atoms with Crippen LogP contribution in [0.1, 0.15) is 64.2 Å². The summed E-state index contributed by atoms with van der Waals surface area (Å²) in [5.74, 6) is 0. The number of rotatable bonds is 7. The van der Waals surface area contributed by atoms with E-state index in [1.807, 2.05) is 0 Å². The van der Waals surface area contributed by atoms with Crippen molar-refractivity contribution in [3.63, 3.8) is 0 Å². The molecule has 0 aliphatic carbocycles. The Morgan fingerprint density at radius 1 is 0.474 bits per heavy atom. The van der Waals surface area contributed by atoms with Gasteiger partial charge in [-0.05, 0) is 77.8 Å². The van der Waals surface area contributed by atoms with Gasteiger partial charge in [0.05, 0.1) is 0 Å². The molecule has 0 aromatic heterocycles. The molecular formula is C16H32BrN2-. The highest BCUT2D eigenvalue weighted by atomic mass is 79.9. The van der Waals surface area contributed by atoms with Gasteiger partial charge in [-0.3, -0.25) is 0 Å². The Labute approximate surface area is 130 Å². The highest BCUT2D eigenvalue weighted by Gasteiger charge is 2.10. The lowest BCUT2D eigenvalue weighted by atomic mass is 10.1. The molecule has 0 saturated carbocycles. The van der Waals surface area contributed by atoms with Gasteiger partial charge in [-0.15, -0.1) is 0 Å². The van der Waals surface area contributed by atoms with E-state index < -0.39 is 0 Å². The second-order valence-corrected chi connectivity index (χ2v) is 6.22. The maximum Gasteiger partial charge on any atom is -0.00187 e. The van der Waals surface area contributed by atoms with Crippen LogP contribution in [0.3, 0.4) is 0 Å². The Balaban J connectivity index is 0.00000180. The van der Waals surface area contributed by atoms with E-state index in [2.05, 4.69) is 9.80 Å². The van der Waals surface area contributed by atoms with Gasteiger partial charge in [-0.1, -0.05) is 25.7 Å². The van der Waals surface area contributed by atoms with Crippen molar-refractivity contribution in [1.29, 1.82) is 0 Å². The molecule has 2 rings (SSSR count). The van der Waals surface area contributed by atoms with Gasteiger partial charge in [0.2, 0.25) is 0 Å². The van der Waals surface area contributed by atoms with E-state index in [0.717, 1.165) is 0 Å². The Morgan fingerprint density at radius 2 is 0.842 bits per heavy atom. The van der Waals surface area contributed by atoms with Crippen molar-refractivity contribution in [3.8, 4) is 0 Å². The molecule has 2 heterocycles. The molecule has 2 nitrogen and oxygen atoms in total. The minimum absolute atomic E-state index is 0. The van der Waals surface area contributed by atoms with Gasteiger partial charge in [-0.2, -0.15) is 0 Å². The van der Waals surface area contributed by atoms with Gasteiger partial charge in [0.25, 0.3) is 0 Å². The van der Waals surface area contributed by atoms with Crippen molar-refractivity contribution in [3.05, 3.63) is 0 Å². The number of unbranched alkanes of at least 4 members (excludes halogenated alkanes) is 3. The second-order valence-electron chi connectivity index (χ2n) is 6.22. The molecule has 0 aromatic carbocycles. The molecule has 0 N–H and O–H groups in total. The van der Waals surface area contributed by atoms with Gasteiger partial charge in [0.1, 0.15) is 0 Å². The molecule has 114 valence electrons. The lowest BCUT2D eigenvalue weighted by molar-refractivity contribution is -0.00000389. The first kappa shape index (κ1) is 17.5. The van der Waals surface area contributed by atoms with E-state index in [1.165, 1.54) is 103 Å². The highest BCUT2D eigenvalue weighted by molar-refractivity contribution is 4.66. The van der Waals surface area contributed by atoms with Crippen LogP contribution < -0.4 is 17.0 Å². The third-order valence-corrected chi connectivity index (χ3v) is 4.60. The maximum absolute atomic E-state index is 2.67. The summed E-state index contributed by atoms with van der Waals surface area (Å²) < 4.78 is 0. The molecule has 0 unspecified atom stereocenters. The maximum atomic E-state index is 2.67. The van der Waals surface area contributed by atoms with Gasteiger partial charge < -0.3 is 26.8 Å². The quantitative estimate of drug-likeness (QED) is 0.628. The summed E-state index contributed by atoms with van der Waals surface area (Å²) in [6.07, 6.45) is 14.4. The van der Waals surface area contributed by atoms with Crippen molar-refractivity contribution < 1.29 is 17.0 Å². The standard InChI is InChI=1S/C16H32N2.BrH/c1(5-11-17-13-7-3-8-14-17)2-6-12-18-15-9-4-10-16-18;/h1-16H2;1H/p-1. The summed E-state index contributed by atoms with van der Waals surface area (Å²) in [4.78, 5) is 5.35. The lowest BCUT2D eigenvalue weighted by Gasteiger charge is -2.27. The van der Waals surface area contributed by atoms with E-state index in [0.29, 0.717) is 0 Å². The summed E-state index contributed by atoms with van der Waals surface area (Å²) in [6, 6.07) is 0. The van der Waals surface area contributed by atoms with E-state index in [-0.39, 0.29) is 17.0 Å². The molecule has 0 amide bonds. The summed E-state index contributed by atoms with van der Waals surface area (Å²) in [6.45, 7) is 8.20. The third kappa shape index (κ3) is 7.67. The van der Waals surface area contributed by atoms with Gasteiger partial charge in [-0.25, -0.2) is 0 Å². The van der Waals surface area contributed by atoms with Crippen LogP contribution in [0, 0.1) is 0 Å². The van der Waals surface area contributed by atoms with Crippen LogP contribution in [0.4, 0.5) is 0 Å². The first-order valence-corrected chi connectivity index (χ1v) is 8.40. The second kappa shape index (κ2) is 11.1. The van der Waals surface area contributed by atoms with Crippen LogP contribution in [-0.4, -0.2) is 49.1 Å². The summed E-state index contributed by atoms with van der Waals surface area (Å²) in [5, 5.41) is 0. The average Bonchev–Trinajstić information content (AvgIpc) is 2.45. The van der Waals surface area contributed by atoms with Gasteiger partial charge in [0, 0.05) is 0 Å². The number of hydrogen-bond acceptors (Lipinski definition) is 2. The summed E-state index contributed by atoms with van der Waals surface area (Å²) >= 11 is 0. The smallest absolute Gasteiger partial charge is 0.00187 e. The fraction of sp³-hybridized carbons (Fsp3) is 1.00. The number of nitrogens with zero attached hydrogens (tertiary/aromatic N) is 2. The summed E-state index contributed by atoms with van der Waals surface area (Å²) in [7, 11) is 0. The monoisotopic (exact) mass is 331 g/mol. The Hall–Kier alpha value is 0.400. The normalized spacial score (nSPS) is 22.1. The van der Waals surface area contributed by atoms with Crippen LogP contribution in [0.15, 0.2) is 0 Å². The van der Waals surface area contributed by atoms with Crippen LogP contribution in [-0.2, 0) is 0 Å². The van der Waals surface area contributed by atoms with Crippen molar-refractivity contribution in [2.45, 2.75) is 64.2 Å². The van der Waals surface area contributed by atoms with E-state index in [9.17, 15) is 0 Å². The van der Waals surface area contributed by atoms with Crippen LogP contribution in [0.2, 0.25) is 0 Å². The van der Waals surface area contributed by atoms with Crippen molar-refractivity contribution in [1.82, 2.24) is 9.80 Å². The van der Waals surface area contributed by atoms with Crippen LogP contribution in [0.25, 0.3) is 0 Å². The molecule has 0 spiro atoms. The topological polar surface area (TPSA) is 6.48 Å². The minimum Gasteiger partial charge on any atom is -1.00 e. The Bertz CT molecular complexity index is 177. The lowest BCUT2D eigenvalue weighted by Crippen LogP contribution is -3.00. The largest absolute Gasteiger partial charge is 1.00 e.